The Morgan fingerprint density at radius 2 is 1.45 bits per heavy atom. The van der Waals surface area contributed by atoms with E-state index in [1.165, 1.54) is 22.7 Å². The zero-order chi connectivity index (χ0) is 31.6. The van der Waals surface area contributed by atoms with E-state index in [-0.39, 0.29) is 28.5 Å². The zero-order valence-electron chi connectivity index (χ0n) is 25.1. The van der Waals surface area contributed by atoms with Gasteiger partial charge in [-0.2, -0.15) is 0 Å². The predicted molar refractivity (Wildman–Crippen MR) is 165 cm³/mol. The molecule has 240 valence electrons. The molecular formula is C31H40F2N4O5S2. The summed E-state index contributed by atoms with van der Waals surface area (Å²) in [6.07, 6.45) is 9.50. The van der Waals surface area contributed by atoms with Crippen molar-refractivity contribution in [2.45, 2.75) is 55.5 Å². The van der Waals surface area contributed by atoms with Gasteiger partial charge in [-0.1, -0.05) is 12.1 Å². The molecule has 9 nitrogen and oxygen atoms in total. The van der Waals surface area contributed by atoms with Crippen LogP contribution in [0.3, 0.4) is 0 Å². The van der Waals surface area contributed by atoms with E-state index in [2.05, 4.69) is 4.90 Å². The molecule has 1 atom stereocenters. The molecule has 1 aromatic heterocycles. The molecule has 3 heterocycles. The van der Waals surface area contributed by atoms with E-state index in [1.807, 2.05) is 6.20 Å². The van der Waals surface area contributed by atoms with Crippen molar-refractivity contribution in [2.24, 2.45) is 5.92 Å². The van der Waals surface area contributed by atoms with Gasteiger partial charge in [0.05, 0.1) is 17.7 Å². The molecule has 3 aromatic rings. The lowest BCUT2D eigenvalue weighted by atomic mass is 9.78. The maximum atomic E-state index is 14.2. The highest BCUT2D eigenvalue weighted by Gasteiger charge is 2.32. The van der Waals surface area contributed by atoms with Crippen LogP contribution in [0.2, 0.25) is 0 Å². The Balaban J connectivity index is 1.19. The molecular weight excluding hydrogens is 610 g/mol. The number of benzene rings is 2. The standard InChI is InChI=1S/C31H40F2N4O5S2/c1-43(39,40)29-5-3-23(4-6-29)22-35-17-18-37(31(35)38)28-9-12-34(13-10-28)14-11-30(25-19-26(32)21-27(33)20-25)24-7-15-36(16-8-24)44(2,41)42/h3-6,17-21,24,28,30H,7-16,22H2,1-2H3/t30-/m1/s1. The van der Waals surface area contributed by atoms with Crippen molar-refractivity contribution in [3.63, 3.8) is 0 Å². The Bertz CT molecular complexity index is 1700. The predicted octanol–water partition coefficient (Wildman–Crippen LogP) is 3.86. The van der Waals surface area contributed by atoms with Crippen molar-refractivity contribution >= 4 is 19.9 Å². The van der Waals surface area contributed by atoms with Gasteiger partial charge in [-0.25, -0.2) is 34.7 Å². The second-order valence-corrected chi connectivity index (χ2v) is 16.2. The normalized spacial score (nSPS) is 18.9. The largest absolute Gasteiger partial charge is 0.328 e. The van der Waals surface area contributed by atoms with Crippen LogP contribution >= 0.6 is 0 Å². The van der Waals surface area contributed by atoms with Crippen LogP contribution in [0, 0.1) is 17.6 Å². The first-order valence-electron chi connectivity index (χ1n) is 15.0. The van der Waals surface area contributed by atoms with Crippen molar-refractivity contribution in [2.75, 3.05) is 45.2 Å². The molecule has 0 N–H and O–H groups in total. The summed E-state index contributed by atoms with van der Waals surface area (Å²) in [4.78, 5) is 15.8. The quantitative estimate of drug-likeness (QED) is 0.331. The molecule has 0 aliphatic carbocycles. The molecule has 13 heteroatoms. The van der Waals surface area contributed by atoms with E-state index in [4.69, 9.17) is 0 Å². The summed E-state index contributed by atoms with van der Waals surface area (Å²) in [5.74, 6) is -1.19. The van der Waals surface area contributed by atoms with Crippen molar-refractivity contribution in [3.05, 3.63) is 88.1 Å². The maximum Gasteiger partial charge on any atom is 0.328 e. The Kier molecular flexibility index (Phi) is 9.78. The van der Waals surface area contributed by atoms with Gasteiger partial charge < -0.3 is 4.90 Å². The van der Waals surface area contributed by atoms with Crippen LogP contribution in [-0.4, -0.2) is 80.4 Å². The van der Waals surface area contributed by atoms with Crippen molar-refractivity contribution < 1.29 is 25.6 Å². The molecule has 2 aromatic carbocycles. The third-order valence-corrected chi connectivity index (χ3v) is 11.6. The molecule has 0 radical (unpaired) electrons. The van der Waals surface area contributed by atoms with E-state index in [0.717, 1.165) is 50.4 Å². The lowest BCUT2D eigenvalue weighted by molar-refractivity contribution is 0.166. The number of piperidine rings is 2. The molecule has 0 saturated carbocycles. The number of hydrogen-bond donors (Lipinski definition) is 0. The lowest BCUT2D eigenvalue weighted by Crippen LogP contribution is -2.40. The third-order valence-electron chi connectivity index (χ3n) is 9.13. The van der Waals surface area contributed by atoms with E-state index in [1.54, 1.807) is 39.6 Å². The molecule has 0 bridgehead atoms. The Labute approximate surface area is 258 Å². The maximum absolute atomic E-state index is 14.2. The molecule has 2 aliphatic heterocycles. The topological polar surface area (TPSA) is 102 Å². The zero-order valence-corrected chi connectivity index (χ0v) is 26.7. The minimum Gasteiger partial charge on any atom is -0.303 e. The van der Waals surface area contributed by atoms with E-state index < -0.39 is 31.5 Å². The van der Waals surface area contributed by atoms with Gasteiger partial charge in [-0.15, -0.1) is 0 Å². The molecule has 2 aliphatic rings. The Morgan fingerprint density at radius 1 is 0.841 bits per heavy atom. The summed E-state index contributed by atoms with van der Waals surface area (Å²) >= 11 is 0. The number of rotatable bonds is 10. The summed E-state index contributed by atoms with van der Waals surface area (Å²) in [5, 5.41) is 0. The lowest BCUT2D eigenvalue weighted by Gasteiger charge is -2.37. The highest BCUT2D eigenvalue weighted by atomic mass is 32.2. The highest BCUT2D eigenvalue weighted by molar-refractivity contribution is 7.90. The van der Waals surface area contributed by atoms with Gasteiger partial charge in [0, 0.05) is 56.9 Å². The van der Waals surface area contributed by atoms with Crippen LogP contribution in [-0.2, 0) is 26.4 Å². The number of hydrogen-bond acceptors (Lipinski definition) is 6. The fourth-order valence-electron chi connectivity index (χ4n) is 6.68. The van der Waals surface area contributed by atoms with Gasteiger partial charge in [-0.05, 0) is 85.9 Å². The molecule has 44 heavy (non-hydrogen) atoms. The van der Waals surface area contributed by atoms with Gasteiger partial charge in [-0.3, -0.25) is 9.13 Å². The average molecular weight is 651 g/mol. The van der Waals surface area contributed by atoms with E-state index >= 15 is 0 Å². The van der Waals surface area contributed by atoms with Gasteiger partial charge >= 0.3 is 5.69 Å². The minimum absolute atomic E-state index is 0.0565. The second-order valence-electron chi connectivity index (χ2n) is 12.2. The van der Waals surface area contributed by atoms with Crippen molar-refractivity contribution in [3.8, 4) is 0 Å². The van der Waals surface area contributed by atoms with Gasteiger partial charge in [0.15, 0.2) is 9.84 Å². The molecule has 2 saturated heterocycles. The summed E-state index contributed by atoms with van der Waals surface area (Å²) < 4.78 is 80.7. The fraction of sp³-hybridized carbons (Fsp3) is 0.516. The second kappa shape index (κ2) is 13.2. The SMILES string of the molecule is CS(=O)(=O)c1ccc(Cn2ccn(C3CCN(CC[C@@H](c4cc(F)cc(F)c4)C4CCN(S(C)(=O)=O)CC4)CC3)c2=O)cc1. The Hall–Kier alpha value is -2.87. The van der Waals surface area contributed by atoms with E-state index in [9.17, 15) is 30.4 Å². The molecule has 2 fully saturated rings. The molecule has 0 amide bonds. The number of halogens is 2. The van der Waals surface area contributed by atoms with Crippen LogP contribution in [0.5, 0.6) is 0 Å². The fourth-order valence-corrected chi connectivity index (χ4v) is 8.19. The summed E-state index contributed by atoms with van der Waals surface area (Å²) in [7, 11) is -6.56. The van der Waals surface area contributed by atoms with Crippen molar-refractivity contribution in [1.82, 2.24) is 18.3 Å². The van der Waals surface area contributed by atoms with Crippen LogP contribution in [0.1, 0.15) is 55.2 Å². The number of sulfonamides is 1. The molecule has 5 rings (SSSR count). The van der Waals surface area contributed by atoms with Crippen LogP contribution < -0.4 is 5.69 Å². The third kappa shape index (κ3) is 7.85. The summed E-state index contributed by atoms with van der Waals surface area (Å²) in [6, 6.07) is 10.3. The average Bonchev–Trinajstić information content (AvgIpc) is 3.32. The first kappa shape index (κ1) is 32.5. The van der Waals surface area contributed by atoms with Crippen LogP contribution in [0.25, 0.3) is 0 Å². The van der Waals surface area contributed by atoms with E-state index in [0.29, 0.717) is 44.5 Å². The number of nitrogens with zero attached hydrogens (tertiary/aromatic N) is 4. The number of imidazole rings is 1. The summed E-state index contributed by atoms with van der Waals surface area (Å²) in [6.45, 7) is 3.46. The van der Waals surface area contributed by atoms with Gasteiger partial charge in [0.1, 0.15) is 11.6 Å². The van der Waals surface area contributed by atoms with Gasteiger partial charge in [0.2, 0.25) is 10.0 Å². The minimum atomic E-state index is -3.28. The number of sulfone groups is 1. The molecule has 0 spiro atoms. The first-order chi connectivity index (χ1) is 20.8. The highest BCUT2D eigenvalue weighted by Crippen LogP contribution is 2.37. The number of likely N-dealkylation sites (tertiary alicyclic amines) is 1. The summed E-state index contributed by atoms with van der Waals surface area (Å²) in [5.41, 5.74) is 1.35. The van der Waals surface area contributed by atoms with Crippen LogP contribution in [0.15, 0.2) is 64.5 Å². The first-order valence-corrected chi connectivity index (χ1v) is 18.7. The Morgan fingerprint density at radius 3 is 2.02 bits per heavy atom. The smallest absolute Gasteiger partial charge is 0.303 e. The monoisotopic (exact) mass is 650 g/mol. The number of aromatic nitrogens is 2. The van der Waals surface area contributed by atoms with Crippen LogP contribution in [0.4, 0.5) is 8.78 Å². The molecule has 0 unspecified atom stereocenters. The van der Waals surface area contributed by atoms with Gasteiger partial charge in [0.25, 0.3) is 0 Å². The van der Waals surface area contributed by atoms with Crippen molar-refractivity contribution in [1.29, 1.82) is 0 Å².